The Balaban J connectivity index is 2.13. The van der Waals surface area contributed by atoms with Crippen LogP contribution in [0.3, 0.4) is 0 Å². The number of hydrogen-bond acceptors (Lipinski definition) is 3. The van der Waals surface area contributed by atoms with E-state index in [1.807, 2.05) is 0 Å². The summed E-state index contributed by atoms with van der Waals surface area (Å²) >= 11 is 15.8. The quantitative estimate of drug-likeness (QED) is 0.802. The van der Waals surface area contributed by atoms with Crippen LogP contribution < -0.4 is 10.1 Å². The van der Waals surface area contributed by atoms with E-state index in [9.17, 15) is 4.79 Å². The normalized spacial score (nSPS) is 10.2. The minimum absolute atomic E-state index is 0.112. The molecule has 0 aromatic heterocycles. The number of halogens is 2. The van der Waals surface area contributed by atoms with Crippen molar-refractivity contribution in [3.05, 3.63) is 52.5 Å². The number of rotatable bonds is 4. The lowest BCUT2D eigenvalue weighted by molar-refractivity contribution is -0.113. The van der Waals surface area contributed by atoms with Crippen molar-refractivity contribution in [2.75, 3.05) is 11.1 Å². The van der Waals surface area contributed by atoms with Gasteiger partial charge in [0.25, 0.3) is 0 Å². The summed E-state index contributed by atoms with van der Waals surface area (Å²) in [5.41, 5.74) is 0.595. The Kier molecular flexibility index (Phi) is 5.17. The second kappa shape index (κ2) is 6.88. The number of thiol groups is 1. The van der Waals surface area contributed by atoms with E-state index in [-0.39, 0.29) is 11.7 Å². The first kappa shape index (κ1) is 15.0. The number of nitrogens with one attached hydrogen (secondary N) is 1. The topological polar surface area (TPSA) is 38.3 Å². The standard InChI is InChI=1S/C14H11Cl2NO2S/c15-9-1-4-11(5-2-9)19-13-6-3-10(7-12(13)16)17-14(18)8-20/h1-7,20H,8H2,(H,17,18). The molecule has 2 rings (SSSR count). The van der Waals surface area contributed by atoms with Crippen LogP contribution in [0.2, 0.25) is 10.0 Å². The molecule has 3 nitrogen and oxygen atoms in total. The highest BCUT2D eigenvalue weighted by Crippen LogP contribution is 2.32. The number of ether oxygens (including phenoxy) is 1. The zero-order valence-electron chi connectivity index (χ0n) is 10.3. The van der Waals surface area contributed by atoms with E-state index in [1.165, 1.54) is 0 Å². The number of hydrogen-bond donors (Lipinski definition) is 2. The van der Waals surface area contributed by atoms with Crippen LogP contribution in [-0.2, 0) is 4.79 Å². The maximum atomic E-state index is 11.2. The minimum Gasteiger partial charge on any atom is -0.456 e. The van der Waals surface area contributed by atoms with Crippen LogP contribution >= 0.6 is 35.8 Å². The van der Waals surface area contributed by atoms with E-state index in [0.29, 0.717) is 27.2 Å². The molecule has 0 unspecified atom stereocenters. The predicted octanol–water partition coefficient (Wildman–Crippen LogP) is 4.65. The maximum absolute atomic E-state index is 11.2. The van der Waals surface area contributed by atoms with Crippen LogP contribution in [0.1, 0.15) is 0 Å². The van der Waals surface area contributed by atoms with Gasteiger partial charge in [0.05, 0.1) is 10.8 Å². The van der Waals surface area contributed by atoms with Crippen molar-refractivity contribution in [2.24, 2.45) is 0 Å². The molecule has 0 saturated heterocycles. The van der Waals surface area contributed by atoms with Crippen molar-refractivity contribution >= 4 is 47.4 Å². The van der Waals surface area contributed by atoms with E-state index >= 15 is 0 Å². The Morgan fingerprint density at radius 2 is 1.85 bits per heavy atom. The van der Waals surface area contributed by atoms with Gasteiger partial charge in [-0.3, -0.25) is 4.79 Å². The molecule has 0 bridgehead atoms. The van der Waals surface area contributed by atoms with Gasteiger partial charge < -0.3 is 10.1 Å². The van der Waals surface area contributed by atoms with Crippen molar-refractivity contribution in [1.82, 2.24) is 0 Å². The molecule has 0 saturated carbocycles. The molecule has 0 aliphatic rings. The van der Waals surface area contributed by atoms with E-state index in [0.717, 1.165) is 0 Å². The largest absolute Gasteiger partial charge is 0.456 e. The van der Waals surface area contributed by atoms with Crippen molar-refractivity contribution < 1.29 is 9.53 Å². The highest BCUT2D eigenvalue weighted by Gasteiger charge is 2.06. The SMILES string of the molecule is O=C(CS)Nc1ccc(Oc2ccc(Cl)cc2)c(Cl)c1. The summed E-state index contributed by atoms with van der Waals surface area (Å²) < 4.78 is 5.63. The number of amides is 1. The highest BCUT2D eigenvalue weighted by atomic mass is 35.5. The summed E-state index contributed by atoms with van der Waals surface area (Å²) in [5.74, 6) is 1.04. The maximum Gasteiger partial charge on any atom is 0.234 e. The lowest BCUT2D eigenvalue weighted by Gasteiger charge is -2.10. The Morgan fingerprint density at radius 3 is 2.45 bits per heavy atom. The Morgan fingerprint density at radius 1 is 1.15 bits per heavy atom. The first-order chi connectivity index (χ1) is 9.58. The summed E-state index contributed by atoms with van der Waals surface area (Å²) in [6.45, 7) is 0. The number of carbonyl (C=O) groups is 1. The van der Waals surface area contributed by atoms with E-state index in [4.69, 9.17) is 27.9 Å². The second-order valence-corrected chi connectivity index (χ2v) is 5.07. The van der Waals surface area contributed by atoms with Crippen LogP contribution in [0.25, 0.3) is 0 Å². The fraction of sp³-hybridized carbons (Fsp3) is 0.0714. The third-order valence-corrected chi connectivity index (χ3v) is 3.24. The monoisotopic (exact) mass is 327 g/mol. The van der Waals surface area contributed by atoms with Gasteiger partial charge in [0.2, 0.25) is 5.91 Å². The number of carbonyl (C=O) groups excluding carboxylic acids is 1. The smallest absolute Gasteiger partial charge is 0.234 e. The molecule has 104 valence electrons. The highest BCUT2D eigenvalue weighted by molar-refractivity contribution is 7.81. The molecular formula is C14H11Cl2NO2S. The van der Waals surface area contributed by atoms with Gasteiger partial charge >= 0.3 is 0 Å². The summed E-state index contributed by atoms with van der Waals surface area (Å²) in [5, 5.41) is 3.69. The van der Waals surface area contributed by atoms with Crippen molar-refractivity contribution in [1.29, 1.82) is 0 Å². The van der Waals surface area contributed by atoms with Gasteiger partial charge in [-0.05, 0) is 42.5 Å². The Labute approximate surface area is 132 Å². The summed E-state index contributed by atoms with van der Waals surface area (Å²) in [7, 11) is 0. The van der Waals surface area contributed by atoms with Crippen LogP contribution in [0.5, 0.6) is 11.5 Å². The second-order valence-electron chi connectivity index (χ2n) is 3.91. The van der Waals surface area contributed by atoms with Crippen LogP contribution in [-0.4, -0.2) is 11.7 Å². The zero-order chi connectivity index (χ0) is 14.5. The zero-order valence-corrected chi connectivity index (χ0v) is 12.7. The van der Waals surface area contributed by atoms with Gasteiger partial charge in [-0.1, -0.05) is 23.2 Å². The predicted molar refractivity (Wildman–Crippen MR) is 85.5 cm³/mol. The molecule has 0 atom stereocenters. The summed E-state index contributed by atoms with van der Waals surface area (Å²) in [4.78, 5) is 11.2. The van der Waals surface area contributed by atoms with Crippen molar-refractivity contribution in [3.63, 3.8) is 0 Å². The number of anilines is 1. The lowest BCUT2D eigenvalue weighted by atomic mass is 10.3. The molecule has 2 aromatic carbocycles. The fourth-order valence-corrected chi connectivity index (χ4v) is 1.92. The van der Waals surface area contributed by atoms with Crippen LogP contribution in [0, 0.1) is 0 Å². The van der Waals surface area contributed by atoms with Gasteiger partial charge in [-0.25, -0.2) is 0 Å². The minimum atomic E-state index is -0.198. The van der Waals surface area contributed by atoms with Gasteiger partial charge in [0.1, 0.15) is 11.5 Å². The Hall–Kier alpha value is -1.36. The number of benzene rings is 2. The van der Waals surface area contributed by atoms with E-state index < -0.39 is 0 Å². The molecule has 20 heavy (non-hydrogen) atoms. The van der Waals surface area contributed by atoms with Crippen molar-refractivity contribution in [3.8, 4) is 11.5 Å². The average molecular weight is 328 g/mol. The van der Waals surface area contributed by atoms with Crippen LogP contribution in [0.4, 0.5) is 5.69 Å². The molecular weight excluding hydrogens is 317 g/mol. The first-order valence-corrected chi connectivity index (χ1v) is 7.11. The average Bonchev–Trinajstić information content (AvgIpc) is 2.44. The Bertz CT molecular complexity index is 617. The molecule has 2 aromatic rings. The molecule has 0 radical (unpaired) electrons. The molecule has 1 amide bonds. The van der Waals surface area contributed by atoms with Gasteiger partial charge in [0.15, 0.2) is 0 Å². The van der Waals surface area contributed by atoms with Gasteiger partial charge in [-0.2, -0.15) is 12.6 Å². The summed E-state index contributed by atoms with van der Waals surface area (Å²) in [6.07, 6.45) is 0. The molecule has 0 heterocycles. The third-order valence-electron chi connectivity index (χ3n) is 2.40. The van der Waals surface area contributed by atoms with Crippen molar-refractivity contribution in [2.45, 2.75) is 0 Å². The van der Waals surface area contributed by atoms with E-state index in [2.05, 4.69) is 17.9 Å². The van der Waals surface area contributed by atoms with Crippen LogP contribution in [0.15, 0.2) is 42.5 Å². The lowest BCUT2D eigenvalue weighted by Crippen LogP contribution is -2.12. The molecule has 0 aliphatic carbocycles. The van der Waals surface area contributed by atoms with Gasteiger partial charge in [0, 0.05) is 10.7 Å². The first-order valence-electron chi connectivity index (χ1n) is 5.72. The summed E-state index contributed by atoms with van der Waals surface area (Å²) in [6, 6.07) is 12.0. The molecule has 0 aliphatic heterocycles. The van der Waals surface area contributed by atoms with Gasteiger partial charge in [-0.15, -0.1) is 0 Å². The molecule has 6 heteroatoms. The molecule has 1 N–H and O–H groups in total. The van der Waals surface area contributed by atoms with E-state index in [1.54, 1.807) is 42.5 Å². The molecule has 0 fully saturated rings. The fourth-order valence-electron chi connectivity index (χ4n) is 1.49. The molecule has 0 spiro atoms. The third kappa shape index (κ3) is 4.07.